The number of carbonyl (C=O) groups excluding carboxylic acids is 1. The molecular formula is C19H29N3O8. The zero-order valence-electron chi connectivity index (χ0n) is 17.4. The molecule has 168 valence electrons. The second-order valence-corrected chi connectivity index (χ2v) is 6.54. The summed E-state index contributed by atoms with van der Waals surface area (Å²) in [5.74, 6) is -0.406. The summed E-state index contributed by atoms with van der Waals surface area (Å²) >= 11 is 0. The number of methoxy groups -OCH3 is 1. The van der Waals surface area contributed by atoms with Crippen molar-refractivity contribution >= 4 is 5.97 Å². The van der Waals surface area contributed by atoms with Gasteiger partial charge in [0.15, 0.2) is 0 Å². The maximum absolute atomic E-state index is 11.2. The molecule has 0 aromatic heterocycles. The zero-order chi connectivity index (χ0) is 22.9. The number of carbonyl (C=O) groups is 1. The van der Waals surface area contributed by atoms with Crippen molar-refractivity contribution in [3.05, 3.63) is 65.7 Å². The van der Waals surface area contributed by atoms with E-state index in [0.29, 0.717) is 25.7 Å². The minimum Gasteiger partial charge on any atom is -0.469 e. The van der Waals surface area contributed by atoms with Crippen molar-refractivity contribution in [1.82, 2.24) is 0 Å². The molecule has 0 aliphatic heterocycles. The number of nitro groups is 3. The Morgan fingerprint density at radius 2 is 1.23 bits per heavy atom. The first kappa shape index (κ1) is 26.9. The van der Waals surface area contributed by atoms with Gasteiger partial charge in [-0.2, -0.15) is 0 Å². The molecule has 11 nitrogen and oxygen atoms in total. The molecule has 0 amide bonds. The van der Waals surface area contributed by atoms with Crippen LogP contribution in [0.3, 0.4) is 0 Å². The maximum Gasteiger partial charge on any atom is 0.305 e. The number of nitrogens with zero attached hydrogens (tertiary/aromatic N) is 3. The molecule has 0 spiro atoms. The van der Waals surface area contributed by atoms with E-state index in [4.69, 9.17) is 0 Å². The molecule has 0 N–H and O–H groups in total. The highest BCUT2D eigenvalue weighted by Gasteiger charge is 2.15. The summed E-state index contributed by atoms with van der Waals surface area (Å²) < 4.78 is 4.49. The summed E-state index contributed by atoms with van der Waals surface area (Å²) in [5, 5.41) is 33.4. The molecule has 11 heteroatoms. The van der Waals surface area contributed by atoms with Gasteiger partial charge in [-0.05, 0) is 43.9 Å². The van der Waals surface area contributed by atoms with Crippen LogP contribution in [-0.2, 0) is 9.53 Å². The molecule has 0 aromatic rings. The minimum atomic E-state index is -0.651. The van der Waals surface area contributed by atoms with E-state index in [2.05, 4.69) is 4.74 Å². The Morgan fingerprint density at radius 3 is 1.73 bits per heavy atom. The largest absolute Gasteiger partial charge is 0.469 e. The van der Waals surface area contributed by atoms with Gasteiger partial charge >= 0.3 is 5.97 Å². The quantitative estimate of drug-likeness (QED) is 0.150. The average Bonchev–Trinajstić information content (AvgIpc) is 2.69. The van der Waals surface area contributed by atoms with E-state index in [9.17, 15) is 35.1 Å². The third-order valence-electron chi connectivity index (χ3n) is 4.29. The summed E-state index contributed by atoms with van der Waals surface area (Å²) in [7, 11) is 1.26. The van der Waals surface area contributed by atoms with Crippen LogP contribution in [0.15, 0.2) is 35.3 Å². The Morgan fingerprint density at radius 1 is 0.767 bits per heavy atom. The van der Waals surface area contributed by atoms with Gasteiger partial charge in [0.25, 0.3) is 0 Å². The summed E-state index contributed by atoms with van der Waals surface area (Å²) in [6.45, 7) is 1.98. The second kappa shape index (κ2) is 15.8. The molecule has 0 rings (SSSR count). The van der Waals surface area contributed by atoms with Crippen LogP contribution in [0.25, 0.3) is 0 Å². The zero-order valence-corrected chi connectivity index (χ0v) is 17.4. The van der Waals surface area contributed by atoms with E-state index in [1.165, 1.54) is 25.3 Å². The highest BCUT2D eigenvalue weighted by Crippen LogP contribution is 2.16. The molecule has 30 heavy (non-hydrogen) atoms. The Bertz CT molecular complexity index is 698. The van der Waals surface area contributed by atoms with Gasteiger partial charge < -0.3 is 4.74 Å². The molecule has 0 fully saturated rings. The van der Waals surface area contributed by atoms with Crippen LogP contribution in [-0.4, -0.2) is 27.8 Å². The minimum absolute atomic E-state index is 0.000478. The Balaban J connectivity index is 5.01. The Kier molecular flexibility index (Phi) is 14.1. The highest BCUT2D eigenvalue weighted by molar-refractivity contribution is 5.68. The fraction of sp³-hybridized carbons (Fsp3) is 0.632. The molecule has 0 aromatic carbocycles. The summed E-state index contributed by atoms with van der Waals surface area (Å²) in [6, 6.07) is 0. The summed E-state index contributed by atoms with van der Waals surface area (Å²) in [5.41, 5.74) is -0.431. The van der Waals surface area contributed by atoms with E-state index in [0.717, 1.165) is 12.8 Å². The van der Waals surface area contributed by atoms with Crippen LogP contribution in [0.5, 0.6) is 0 Å². The summed E-state index contributed by atoms with van der Waals surface area (Å²) in [6.07, 6.45) is 7.19. The standard InChI is InChI=1S/C19H29N3O8/c1-3-4-5-9-16(20(24)25)11-8-12-18(22(28)29)15-14-17(21(26)27)10-6-7-13-19(23)30-2/h11-12,14H,3-10,13,15H2,1-2H3/b16-11+,17-14+,18-12+. The SMILES string of the molecule is CCCCC/C(=C\C/C=C(\C/C=C(\CCCCC(=O)OC)[N+](=O)[O-])[N+](=O)[O-])[N+](=O)[O-]. The topological polar surface area (TPSA) is 156 Å². The van der Waals surface area contributed by atoms with Crippen molar-refractivity contribution < 1.29 is 24.3 Å². The van der Waals surface area contributed by atoms with Crippen molar-refractivity contribution in [2.24, 2.45) is 0 Å². The van der Waals surface area contributed by atoms with Gasteiger partial charge in [0.2, 0.25) is 17.1 Å². The fourth-order valence-corrected chi connectivity index (χ4v) is 2.56. The van der Waals surface area contributed by atoms with E-state index in [1.807, 2.05) is 6.92 Å². The van der Waals surface area contributed by atoms with E-state index in [-0.39, 0.29) is 42.8 Å². The van der Waals surface area contributed by atoms with Gasteiger partial charge in [0.05, 0.1) is 28.3 Å². The van der Waals surface area contributed by atoms with Crippen molar-refractivity contribution in [2.45, 2.75) is 71.1 Å². The van der Waals surface area contributed by atoms with Gasteiger partial charge in [-0.1, -0.05) is 19.8 Å². The van der Waals surface area contributed by atoms with E-state index < -0.39 is 20.7 Å². The highest BCUT2D eigenvalue weighted by atomic mass is 16.6. The van der Waals surface area contributed by atoms with Crippen molar-refractivity contribution in [2.75, 3.05) is 7.11 Å². The number of allylic oxidation sites excluding steroid dienone is 5. The molecule has 0 aliphatic carbocycles. The van der Waals surface area contributed by atoms with Gasteiger partial charge in [-0.25, -0.2) is 0 Å². The van der Waals surface area contributed by atoms with Crippen molar-refractivity contribution in [3.8, 4) is 0 Å². The lowest BCUT2D eigenvalue weighted by Crippen LogP contribution is -2.03. The molecule has 0 unspecified atom stereocenters. The molecule has 0 saturated heterocycles. The molecule has 0 saturated carbocycles. The Hall–Kier alpha value is -3.11. The predicted molar refractivity (Wildman–Crippen MR) is 109 cm³/mol. The molecular weight excluding hydrogens is 398 g/mol. The number of rotatable bonds is 16. The smallest absolute Gasteiger partial charge is 0.305 e. The normalized spacial score (nSPS) is 12.5. The van der Waals surface area contributed by atoms with Crippen molar-refractivity contribution in [1.29, 1.82) is 0 Å². The molecule has 0 radical (unpaired) electrons. The second-order valence-electron chi connectivity index (χ2n) is 6.54. The first-order chi connectivity index (χ1) is 14.2. The van der Waals surface area contributed by atoms with Gasteiger partial charge in [0, 0.05) is 19.3 Å². The number of unbranched alkanes of at least 4 members (excludes halogenated alkanes) is 3. The predicted octanol–water partition coefficient (Wildman–Crippen LogP) is 4.56. The van der Waals surface area contributed by atoms with Crippen LogP contribution in [0, 0.1) is 30.3 Å². The Labute approximate surface area is 174 Å². The molecule has 0 bridgehead atoms. The lowest BCUT2D eigenvalue weighted by molar-refractivity contribution is -0.432. The third-order valence-corrected chi connectivity index (χ3v) is 4.29. The number of esters is 1. The lowest BCUT2D eigenvalue weighted by Gasteiger charge is -2.00. The fourth-order valence-electron chi connectivity index (χ4n) is 2.56. The van der Waals surface area contributed by atoms with Crippen LogP contribution >= 0.6 is 0 Å². The van der Waals surface area contributed by atoms with Gasteiger partial charge in [-0.15, -0.1) is 0 Å². The van der Waals surface area contributed by atoms with Crippen molar-refractivity contribution in [3.63, 3.8) is 0 Å². The van der Waals surface area contributed by atoms with Crippen LogP contribution in [0.2, 0.25) is 0 Å². The molecule has 0 aliphatic rings. The van der Waals surface area contributed by atoms with Crippen LogP contribution in [0.1, 0.15) is 71.1 Å². The lowest BCUT2D eigenvalue weighted by atomic mass is 10.1. The first-order valence-electron chi connectivity index (χ1n) is 9.79. The first-order valence-corrected chi connectivity index (χ1v) is 9.79. The average molecular weight is 427 g/mol. The molecule has 0 atom stereocenters. The molecule has 0 heterocycles. The number of hydrogen-bond donors (Lipinski definition) is 0. The monoisotopic (exact) mass is 427 g/mol. The van der Waals surface area contributed by atoms with Gasteiger partial charge in [0.1, 0.15) is 0 Å². The van der Waals surface area contributed by atoms with Crippen LogP contribution < -0.4 is 0 Å². The summed E-state index contributed by atoms with van der Waals surface area (Å²) in [4.78, 5) is 42.7. The van der Waals surface area contributed by atoms with Gasteiger partial charge in [-0.3, -0.25) is 35.1 Å². The number of hydrogen-bond acceptors (Lipinski definition) is 8. The van der Waals surface area contributed by atoms with E-state index >= 15 is 0 Å². The third kappa shape index (κ3) is 12.4. The maximum atomic E-state index is 11.2. The number of ether oxygens (including phenoxy) is 1. The van der Waals surface area contributed by atoms with E-state index in [1.54, 1.807) is 0 Å². The van der Waals surface area contributed by atoms with Crippen LogP contribution in [0.4, 0.5) is 0 Å².